The van der Waals surface area contributed by atoms with E-state index in [2.05, 4.69) is 29.5 Å². The van der Waals surface area contributed by atoms with E-state index in [9.17, 15) is 24.0 Å². The zero-order valence-corrected chi connectivity index (χ0v) is 38.9. The zero-order valence-electron chi connectivity index (χ0n) is 38.9. The molecule has 0 bridgehead atoms. The summed E-state index contributed by atoms with van der Waals surface area (Å²) in [4.78, 5) is 79.8. The molecule has 9 atom stereocenters. The number of methoxy groups -OCH3 is 2. The summed E-state index contributed by atoms with van der Waals surface area (Å²) in [6.45, 7) is 14.6. The second-order valence-corrected chi connectivity index (χ2v) is 17.8. The van der Waals surface area contributed by atoms with E-state index in [0.717, 1.165) is 18.4 Å². The van der Waals surface area contributed by atoms with Crippen LogP contribution in [0.3, 0.4) is 0 Å². The SMILES string of the molecule is CC[C@H](C)[C@@H]([C@@H](CC(=O)N1CCC[C@H]1[C@H](OC)[C@@H](C)C(=O)N[C@@H](Cc1ccccn1)C(=O)NCc1ccc(N)cc1)OC)N(C)C(=O)[C@@H](CC(=O)[C@H](C(C)C)N(C)C)C(C)C. The molecule has 4 amide bonds. The number of ether oxygens (including phenoxy) is 2. The van der Waals surface area contributed by atoms with Crippen molar-refractivity contribution >= 4 is 35.1 Å². The summed E-state index contributed by atoms with van der Waals surface area (Å²) < 4.78 is 12.1. The number of nitrogens with one attached hydrogen (secondary N) is 2. The lowest BCUT2D eigenvalue weighted by Crippen LogP contribution is -2.55. The first-order valence-corrected chi connectivity index (χ1v) is 22.0. The van der Waals surface area contributed by atoms with Crippen molar-refractivity contribution in [1.29, 1.82) is 0 Å². The van der Waals surface area contributed by atoms with Gasteiger partial charge in [-0.25, -0.2) is 0 Å². The molecule has 2 heterocycles. The maximum atomic E-state index is 14.4. The van der Waals surface area contributed by atoms with Crippen LogP contribution in [0.15, 0.2) is 48.7 Å². The van der Waals surface area contributed by atoms with Crippen molar-refractivity contribution in [3.8, 4) is 0 Å². The van der Waals surface area contributed by atoms with Crippen LogP contribution < -0.4 is 16.4 Å². The van der Waals surface area contributed by atoms with Crippen LogP contribution in [0.1, 0.15) is 91.8 Å². The molecule has 0 saturated carbocycles. The molecule has 340 valence electrons. The molecule has 2 aromatic rings. The van der Waals surface area contributed by atoms with Crippen molar-refractivity contribution in [1.82, 2.24) is 30.3 Å². The molecule has 0 spiro atoms. The normalized spacial score (nSPS) is 18.2. The van der Waals surface area contributed by atoms with E-state index in [4.69, 9.17) is 15.2 Å². The molecule has 1 aliphatic rings. The number of benzene rings is 1. The number of likely N-dealkylation sites (tertiary alicyclic amines) is 1. The van der Waals surface area contributed by atoms with Crippen molar-refractivity contribution in [3.05, 3.63) is 59.9 Å². The number of pyridine rings is 1. The van der Waals surface area contributed by atoms with Crippen LogP contribution in [-0.2, 0) is 46.4 Å². The van der Waals surface area contributed by atoms with Crippen molar-refractivity contribution in [2.75, 3.05) is 47.6 Å². The van der Waals surface area contributed by atoms with Crippen LogP contribution in [0.25, 0.3) is 0 Å². The summed E-state index contributed by atoms with van der Waals surface area (Å²) in [5, 5.41) is 5.90. The van der Waals surface area contributed by atoms with Gasteiger partial charge < -0.3 is 35.6 Å². The molecular weight excluding hydrogens is 775 g/mol. The number of nitrogen functional groups attached to an aromatic ring is 1. The van der Waals surface area contributed by atoms with Gasteiger partial charge in [0.25, 0.3) is 0 Å². The highest BCUT2D eigenvalue weighted by Crippen LogP contribution is 2.31. The van der Waals surface area contributed by atoms with Gasteiger partial charge in [0.05, 0.1) is 42.7 Å². The number of amides is 4. The quantitative estimate of drug-likeness (QED) is 0.125. The number of aromatic nitrogens is 1. The highest BCUT2D eigenvalue weighted by molar-refractivity contribution is 5.90. The van der Waals surface area contributed by atoms with E-state index in [0.29, 0.717) is 24.3 Å². The second kappa shape index (κ2) is 24.3. The molecule has 14 heteroatoms. The van der Waals surface area contributed by atoms with E-state index in [-0.39, 0.29) is 79.0 Å². The number of carbonyl (C=O) groups excluding carboxylic acids is 5. The maximum absolute atomic E-state index is 14.4. The molecule has 1 aromatic carbocycles. The summed E-state index contributed by atoms with van der Waals surface area (Å²) in [7, 11) is 8.65. The third-order valence-corrected chi connectivity index (χ3v) is 12.5. The second-order valence-electron chi connectivity index (χ2n) is 17.8. The number of ketones is 1. The van der Waals surface area contributed by atoms with E-state index in [1.165, 1.54) is 7.11 Å². The summed E-state index contributed by atoms with van der Waals surface area (Å²) in [6.07, 6.45) is 2.74. The first-order chi connectivity index (χ1) is 28.9. The smallest absolute Gasteiger partial charge is 0.243 e. The summed E-state index contributed by atoms with van der Waals surface area (Å²) in [6, 6.07) is 10.6. The molecule has 61 heavy (non-hydrogen) atoms. The molecule has 0 unspecified atom stereocenters. The van der Waals surface area contributed by atoms with Gasteiger partial charge in [0.15, 0.2) is 5.78 Å². The minimum absolute atomic E-state index is 0.0122. The molecule has 1 saturated heterocycles. The molecule has 3 rings (SSSR count). The van der Waals surface area contributed by atoms with E-state index >= 15 is 0 Å². The number of hydrogen-bond donors (Lipinski definition) is 3. The highest BCUT2D eigenvalue weighted by atomic mass is 16.5. The first-order valence-electron chi connectivity index (χ1n) is 22.0. The van der Waals surface area contributed by atoms with Crippen LogP contribution in [-0.4, -0.2) is 127 Å². The molecule has 1 aromatic heterocycles. The van der Waals surface area contributed by atoms with Crippen LogP contribution in [0.4, 0.5) is 5.69 Å². The van der Waals surface area contributed by atoms with Gasteiger partial charge in [-0.05, 0) is 74.5 Å². The van der Waals surface area contributed by atoms with Crippen LogP contribution in [0.5, 0.6) is 0 Å². The fourth-order valence-corrected chi connectivity index (χ4v) is 8.96. The molecule has 1 aliphatic heterocycles. The number of likely N-dealkylation sites (N-methyl/N-ethyl adjacent to an activating group) is 2. The average molecular weight is 850 g/mol. The van der Waals surface area contributed by atoms with E-state index in [1.807, 2.05) is 64.9 Å². The predicted molar refractivity (Wildman–Crippen MR) is 239 cm³/mol. The zero-order chi connectivity index (χ0) is 45.6. The lowest BCUT2D eigenvalue weighted by Gasteiger charge is -2.41. The van der Waals surface area contributed by atoms with Gasteiger partial charge in [-0.1, -0.05) is 73.1 Å². The van der Waals surface area contributed by atoms with Gasteiger partial charge >= 0.3 is 0 Å². The summed E-state index contributed by atoms with van der Waals surface area (Å²) >= 11 is 0. The Balaban J connectivity index is 1.79. The largest absolute Gasteiger partial charge is 0.399 e. The minimum Gasteiger partial charge on any atom is -0.399 e. The number of hydrogen-bond acceptors (Lipinski definition) is 10. The lowest BCUT2D eigenvalue weighted by atomic mass is 9.83. The number of nitrogens with two attached hydrogens (primary N) is 1. The Kier molecular flexibility index (Phi) is 20.3. The molecule has 14 nitrogen and oxygen atoms in total. The Morgan fingerprint density at radius 3 is 2.11 bits per heavy atom. The topological polar surface area (TPSA) is 176 Å². The van der Waals surface area contributed by atoms with Gasteiger partial charge in [-0.2, -0.15) is 0 Å². The average Bonchev–Trinajstić information content (AvgIpc) is 3.71. The predicted octanol–water partition coefficient (Wildman–Crippen LogP) is 4.75. The Morgan fingerprint density at radius 1 is 0.902 bits per heavy atom. The fourth-order valence-electron chi connectivity index (χ4n) is 8.96. The molecular formula is C47H75N7O7. The Hall–Kier alpha value is -4.40. The third-order valence-electron chi connectivity index (χ3n) is 12.5. The van der Waals surface area contributed by atoms with Gasteiger partial charge in [0.1, 0.15) is 6.04 Å². The van der Waals surface area contributed by atoms with Crippen LogP contribution >= 0.6 is 0 Å². The number of anilines is 1. The number of rotatable bonds is 24. The van der Waals surface area contributed by atoms with Gasteiger partial charge in [0.2, 0.25) is 23.6 Å². The van der Waals surface area contributed by atoms with Crippen LogP contribution in [0, 0.1) is 29.6 Å². The van der Waals surface area contributed by atoms with Gasteiger partial charge in [-0.15, -0.1) is 0 Å². The van der Waals surface area contributed by atoms with E-state index < -0.39 is 42.2 Å². The van der Waals surface area contributed by atoms with Crippen molar-refractivity contribution in [2.24, 2.45) is 29.6 Å². The van der Waals surface area contributed by atoms with Gasteiger partial charge in [0, 0.05) is 70.7 Å². The summed E-state index contributed by atoms with van der Waals surface area (Å²) in [5.41, 5.74) is 7.96. The third kappa shape index (κ3) is 14.1. The molecule has 0 radical (unpaired) electrons. The lowest BCUT2D eigenvalue weighted by molar-refractivity contribution is -0.149. The monoisotopic (exact) mass is 850 g/mol. The summed E-state index contributed by atoms with van der Waals surface area (Å²) in [5.74, 6) is -2.27. The Bertz CT molecular complexity index is 1700. The van der Waals surface area contributed by atoms with Crippen molar-refractivity contribution < 1.29 is 33.4 Å². The first kappa shape index (κ1) is 51.0. The van der Waals surface area contributed by atoms with Crippen molar-refractivity contribution in [3.63, 3.8) is 0 Å². The van der Waals surface area contributed by atoms with Crippen LogP contribution in [0.2, 0.25) is 0 Å². The minimum atomic E-state index is -0.921. The number of Topliss-reactive ketones (excluding diaryl/α,β-unsaturated/α-hetero) is 1. The Morgan fingerprint density at radius 2 is 1.57 bits per heavy atom. The van der Waals surface area contributed by atoms with Crippen molar-refractivity contribution in [2.45, 2.75) is 130 Å². The number of nitrogens with zero attached hydrogens (tertiary/aromatic N) is 4. The fraction of sp³-hybridized carbons (Fsp3) is 0.660. The molecule has 0 aliphatic carbocycles. The molecule has 4 N–H and O–H groups in total. The van der Waals surface area contributed by atoms with Gasteiger partial charge in [-0.3, -0.25) is 33.9 Å². The van der Waals surface area contributed by atoms with E-state index in [1.54, 1.807) is 61.3 Å². The standard InChI is InChI=1S/C47H75N7O7/c1-13-31(6)43(53(10)47(59)36(29(2)3)26-39(55)42(30(4)5)52(8)9)40(60-11)27-41(56)54-24-16-18-38(54)44(61-12)32(7)45(57)51-37(25-35-17-14-15-23-49-35)46(58)50-28-33-19-21-34(48)22-20-33/h14-15,17,19-23,29-32,36-38,40,42-44H,13,16,18,24-28,48H2,1-12H3,(H,50,58)(H,51,57)/t31-,32+,36-,37-,38-,40+,42-,43-,44+/m0/s1. The highest BCUT2D eigenvalue weighted by Gasteiger charge is 2.43. The number of carbonyl (C=O) groups is 5. The maximum Gasteiger partial charge on any atom is 0.243 e. The Labute approximate surface area is 365 Å². The molecule has 1 fully saturated rings.